The molecule has 1 fully saturated rings. The van der Waals surface area contributed by atoms with Gasteiger partial charge in [-0.3, -0.25) is 24.1 Å². The molecular weight excluding hydrogens is 636 g/mol. The van der Waals surface area contributed by atoms with Crippen LogP contribution in [0.15, 0.2) is 66.0 Å². The summed E-state index contributed by atoms with van der Waals surface area (Å²) in [6.45, 7) is 4.38. The summed E-state index contributed by atoms with van der Waals surface area (Å²) in [7, 11) is 0. The first-order valence-electron chi connectivity index (χ1n) is 16.3. The van der Waals surface area contributed by atoms with Gasteiger partial charge in [-0.2, -0.15) is 5.10 Å². The summed E-state index contributed by atoms with van der Waals surface area (Å²) in [4.78, 5) is 51.3. The quantitative estimate of drug-likeness (QED) is 0.180. The second kappa shape index (κ2) is 14.1. The molecule has 252 valence electrons. The van der Waals surface area contributed by atoms with Gasteiger partial charge in [0.1, 0.15) is 36.0 Å². The van der Waals surface area contributed by atoms with Crippen molar-refractivity contribution >= 4 is 33.7 Å². The molecule has 1 aliphatic heterocycles. The average molecular weight is 671 g/mol. The molecule has 0 spiro atoms. The highest BCUT2D eigenvalue weighted by Crippen LogP contribution is 2.32. The van der Waals surface area contributed by atoms with Crippen molar-refractivity contribution in [1.82, 2.24) is 44.2 Å². The molecule has 1 amide bonds. The van der Waals surface area contributed by atoms with Crippen LogP contribution in [0.3, 0.4) is 0 Å². The van der Waals surface area contributed by atoms with Gasteiger partial charge in [0.15, 0.2) is 5.65 Å². The molecule has 7 rings (SSSR count). The summed E-state index contributed by atoms with van der Waals surface area (Å²) in [6, 6.07) is 12.1. The number of nitrogen functional groups attached to an aromatic ring is 1. The number of aromatic hydroxyl groups is 1. The molecule has 6 aromatic rings. The highest BCUT2D eigenvalue weighted by molar-refractivity contribution is 5.98. The number of carbonyl (C=O) groups excluding carboxylic acids is 1. The Kier molecular flexibility index (Phi) is 9.13. The van der Waals surface area contributed by atoms with Gasteiger partial charge in [-0.25, -0.2) is 19.6 Å². The summed E-state index contributed by atoms with van der Waals surface area (Å²) in [5.41, 5.74) is 9.91. The smallest absolute Gasteiger partial charge is 0.263 e. The van der Waals surface area contributed by atoms with Gasteiger partial charge < -0.3 is 20.5 Å². The SMILES string of the molecule is Cc1nccnc1Cn1c(Cn2nc(-c3cccc(O)c3)c3c(N)ncnc32)nc2cccc(C#CCCCC(=O)N3CCOCC3)c2c1=O. The normalized spacial score (nSPS) is 13.0. The van der Waals surface area contributed by atoms with Gasteiger partial charge in [-0.05, 0) is 37.6 Å². The number of unbranched alkanes of at least 4 members (excludes halogenated alkanes) is 1. The molecule has 2 aromatic carbocycles. The number of phenols is 1. The van der Waals surface area contributed by atoms with E-state index in [2.05, 4.69) is 31.8 Å². The molecule has 14 heteroatoms. The van der Waals surface area contributed by atoms with E-state index in [9.17, 15) is 14.7 Å². The Labute approximate surface area is 286 Å². The number of nitrogens with two attached hydrogens (primary N) is 1. The zero-order valence-electron chi connectivity index (χ0n) is 27.4. The van der Waals surface area contributed by atoms with Crippen LogP contribution in [0.25, 0.3) is 33.2 Å². The number of nitrogens with zero attached hydrogens (tertiary/aromatic N) is 9. The lowest BCUT2D eigenvalue weighted by Crippen LogP contribution is -2.40. The highest BCUT2D eigenvalue weighted by Gasteiger charge is 2.21. The lowest BCUT2D eigenvalue weighted by Gasteiger charge is -2.26. The maximum Gasteiger partial charge on any atom is 0.263 e. The molecule has 0 bridgehead atoms. The Hall–Kier alpha value is -6.20. The van der Waals surface area contributed by atoms with E-state index >= 15 is 0 Å². The number of hydrogen-bond donors (Lipinski definition) is 2. The minimum absolute atomic E-state index is 0.0589. The molecule has 14 nitrogen and oxygen atoms in total. The van der Waals surface area contributed by atoms with Crippen molar-refractivity contribution in [2.75, 3.05) is 32.0 Å². The molecule has 50 heavy (non-hydrogen) atoms. The fourth-order valence-electron chi connectivity index (χ4n) is 6.03. The fraction of sp³-hybridized carbons (Fsp3) is 0.278. The van der Waals surface area contributed by atoms with Crippen LogP contribution in [0, 0.1) is 18.8 Å². The van der Waals surface area contributed by atoms with Crippen molar-refractivity contribution in [3.63, 3.8) is 0 Å². The van der Waals surface area contributed by atoms with Crippen LogP contribution < -0.4 is 11.3 Å². The van der Waals surface area contributed by atoms with Crippen LogP contribution >= 0.6 is 0 Å². The van der Waals surface area contributed by atoms with E-state index in [1.165, 1.54) is 6.33 Å². The van der Waals surface area contributed by atoms with Gasteiger partial charge in [0.05, 0.1) is 47.4 Å². The monoisotopic (exact) mass is 670 g/mol. The van der Waals surface area contributed by atoms with E-state index < -0.39 is 0 Å². The minimum Gasteiger partial charge on any atom is -0.508 e. The number of morpholine rings is 1. The zero-order valence-corrected chi connectivity index (χ0v) is 27.4. The van der Waals surface area contributed by atoms with E-state index in [4.69, 9.17) is 20.6 Å². The van der Waals surface area contributed by atoms with E-state index in [0.717, 1.165) is 0 Å². The third kappa shape index (κ3) is 6.58. The molecular formula is C36H34N10O4. The van der Waals surface area contributed by atoms with Gasteiger partial charge in [0.2, 0.25) is 5.91 Å². The van der Waals surface area contributed by atoms with E-state index in [-0.39, 0.29) is 36.1 Å². The second-order valence-electron chi connectivity index (χ2n) is 11.9. The highest BCUT2D eigenvalue weighted by atomic mass is 16.5. The summed E-state index contributed by atoms with van der Waals surface area (Å²) in [5.74, 6) is 7.14. The number of amides is 1. The number of aryl methyl sites for hydroxylation is 1. The van der Waals surface area contributed by atoms with Crippen molar-refractivity contribution < 1.29 is 14.6 Å². The predicted molar refractivity (Wildman–Crippen MR) is 186 cm³/mol. The topological polar surface area (TPSA) is 180 Å². The molecule has 5 heterocycles. The number of carbonyl (C=O) groups is 1. The number of phenolic OH excluding ortho intramolecular Hbond substituents is 1. The molecule has 0 radical (unpaired) electrons. The average Bonchev–Trinajstić information content (AvgIpc) is 3.50. The number of ether oxygens (including phenoxy) is 1. The minimum atomic E-state index is -0.291. The van der Waals surface area contributed by atoms with Crippen LogP contribution in [0.2, 0.25) is 0 Å². The van der Waals surface area contributed by atoms with Crippen LogP contribution in [-0.4, -0.2) is 81.5 Å². The lowest BCUT2D eigenvalue weighted by atomic mass is 10.1. The number of anilines is 1. The van der Waals surface area contributed by atoms with Crippen molar-refractivity contribution in [3.05, 3.63) is 94.3 Å². The standard InChI is InChI=1S/C36H34N10O4/c1-23-28(39-14-13-38-23)20-45-29(21-46-35-32(34(37)40-22-41-35)33(43-46)25-9-5-10-26(47)19-25)42-27-11-6-8-24(31(27)36(45)49)7-3-2-4-12-30(48)44-15-17-50-18-16-44/h5-6,8-11,13-14,19,22,47H,2,4,12,15-18,20-21H2,1H3,(H2,37,40,41). The number of rotatable bonds is 8. The molecule has 0 unspecified atom stereocenters. The molecule has 3 N–H and O–H groups in total. The van der Waals surface area contributed by atoms with Crippen LogP contribution in [0.5, 0.6) is 5.75 Å². The lowest BCUT2D eigenvalue weighted by molar-refractivity contribution is -0.135. The number of benzene rings is 2. The third-order valence-electron chi connectivity index (χ3n) is 8.60. The Balaban J connectivity index is 1.27. The van der Waals surface area contributed by atoms with E-state index in [1.54, 1.807) is 52.0 Å². The maximum absolute atomic E-state index is 14.5. The summed E-state index contributed by atoms with van der Waals surface area (Å²) < 4.78 is 8.53. The number of hydrogen-bond acceptors (Lipinski definition) is 11. The van der Waals surface area contributed by atoms with Crippen LogP contribution in [-0.2, 0) is 22.6 Å². The Morgan fingerprint density at radius 2 is 1.84 bits per heavy atom. The van der Waals surface area contributed by atoms with Crippen molar-refractivity contribution in [2.24, 2.45) is 0 Å². The number of aromatic nitrogens is 8. The maximum atomic E-state index is 14.5. The van der Waals surface area contributed by atoms with E-state index in [0.29, 0.717) is 102 Å². The molecule has 1 aliphatic rings. The Bertz CT molecular complexity index is 2350. The molecule has 0 aliphatic carbocycles. The molecule has 1 saturated heterocycles. The Morgan fingerprint density at radius 3 is 2.66 bits per heavy atom. The summed E-state index contributed by atoms with van der Waals surface area (Å²) in [5, 5.41) is 15.9. The molecule has 4 aromatic heterocycles. The van der Waals surface area contributed by atoms with Gasteiger partial charge in [0.25, 0.3) is 5.56 Å². The van der Waals surface area contributed by atoms with Gasteiger partial charge in [-0.15, -0.1) is 0 Å². The summed E-state index contributed by atoms with van der Waals surface area (Å²) in [6.07, 6.45) is 6.07. The van der Waals surface area contributed by atoms with Crippen LogP contribution in [0.1, 0.15) is 42.0 Å². The van der Waals surface area contributed by atoms with Gasteiger partial charge in [-0.1, -0.05) is 30.0 Å². The van der Waals surface area contributed by atoms with Crippen molar-refractivity contribution in [3.8, 4) is 28.8 Å². The first-order valence-corrected chi connectivity index (χ1v) is 16.3. The van der Waals surface area contributed by atoms with Gasteiger partial charge >= 0.3 is 0 Å². The zero-order chi connectivity index (χ0) is 34.6. The number of fused-ring (bicyclic) bond motifs is 2. The van der Waals surface area contributed by atoms with Crippen molar-refractivity contribution in [2.45, 2.75) is 39.3 Å². The third-order valence-corrected chi connectivity index (χ3v) is 8.60. The largest absolute Gasteiger partial charge is 0.508 e. The fourth-order valence-corrected chi connectivity index (χ4v) is 6.03. The Morgan fingerprint density at radius 1 is 1.02 bits per heavy atom. The molecule has 0 saturated carbocycles. The van der Waals surface area contributed by atoms with Crippen molar-refractivity contribution in [1.29, 1.82) is 0 Å². The first-order chi connectivity index (χ1) is 24.4. The molecule has 0 atom stereocenters. The van der Waals surface area contributed by atoms with Crippen LogP contribution in [0.4, 0.5) is 5.82 Å². The predicted octanol–water partition coefficient (Wildman–Crippen LogP) is 3.07. The summed E-state index contributed by atoms with van der Waals surface area (Å²) >= 11 is 0. The first kappa shape index (κ1) is 32.4. The van der Waals surface area contributed by atoms with E-state index in [1.807, 2.05) is 24.0 Å². The second-order valence-corrected chi connectivity index (χ2v) is 11.9. The van der Waals surface area contributed by atoms with Gasteiger partial charge in [0, 0.05) is 49.5 Å².